The summed E-state index contributed by atoms with van der Waals surface area (Å²) >= 11 is 0. The molecule has 0 spiro atoms. The molecule has 0 aliphatic heterocycles. The number of aromatic nitrogens is 6. The van der Waals surface area contributed by atoms with Crippen LogP contribution in [0, 0.1) is 0 Å². The number of carbonyl (C=O) groups excluding carboxylic acids is 6. The molecular weight excluding hydrogens is 708 g/mol. The Bertz CT molecular complexity index is 1160. The van der Waals surface area contributed by atoms with Crippen LogP contribution in [0.5, 0.6) is 0 Å². The molecule has 3 heterocycles. The van der Waals surface area contributed by atoms with Gasteiger partial charge in [0, 0.05) is 18.6 Å². The summed E-state index contributed by atoms with van der Waals surface area (Å²) in [5.41, 5.74) is 1.72. The third kappa shape index (κ3) is 40.4. The number of carboxylic acid groups (broad SMARTS) is 6. The Labute approximate surface area is 272 Å². The molecule has 0 unspecified atom stereocenters. The number of aliphatic hydroxyl groups is 3. The molecule has 0 fully saturated rings. The zero-order valence-corrected chi connectivity index (χ0v) is 25.0. The van der Waals surface area contributed by atoms with E-state index in [9.17, 15) is 29.7 Å². The van der Waals surface area contributed by atoms with Crippen LogP contribution in [0.25, 0.3) is 18.2 Å². The molecule has 3 aromatic rings. The van der Waals surface area contributed by atoms with Gasteiger partial charge in [-0.1, -0.05) is 0 Å². The summed E-state index contributed by atoms with van der Waals surface area (Å²) in [7, 11) is 0. The number of aliphatic hydroxyl groups excluding tert-OH is 3. The number of carboxylic acids is 6. The molecule has 22 heteroatoms. The molecule has 0 saturated heterocycles. The predicted molar refractivity (Wildman–Crippen MR) is 134 cm³/mol. The zero-order valence-electron chi connectivity index (χ0n) is 23.0. The molecule has 0 amide bonds. The van der Waals surface area contributed by atoms with Crippen LogP contribution in [-0.4, -0.2) is 101 Å². The molecule has 0 aliphatic carbocycles. The van der Waals surface area contributed by atoms with Gasteiger partial charge in [-0.2, -0.15) is 0 Å². The van der Waals surface area contributed by atoms with Crippen LogP contribution in [0.3, 0.4) is 0 Å². The topological polar surface area (TPSA) is 388 Å². The Balaban J connectivity index is -0.000000236. The number of nitrogens with zero attached hydrogens (tertiary/aromatic N) is 3. The molecule has 6 N–H and O–H groups in total. The first-order valence-corrected chi connectivity index (χ1v) is 11.2. The zero-order chi connectivity index (χ0) is 35.0. The molecule has 0 saturated carbocycles. The number of H-pyrrole nitrogens is 3. The summed E-state index contributed by atoms with van der Waals surface area (Å²) in [5.74, 6) is -7.98. The fourth-order valence-electron chi connectivity index (χ4n) is 1.55. The first kappa shape index (κ1) is 47.2. The van der Waals surface area contributed by atoms with Gasteiger partial charge in [-0.15, -0.1) is 0 Å². The molecule has 0 aliphatic rings. The van der Waals surface area contributed by atoms with Crippen molar-refractivity contribution < 1.29 is 95.8 Å². The molecule has 0 atom stereocenters. The second-order valence-corrected chi connectivity index (χ2v) is 6.53. The van der Waals surface area contributed by atoms with Crippen molar-refractivity contribution in [3.05, 3.63) is 72.9 Å². The van der Waals surface area contributed by atoms with Gasteiger partial charge in [0.1, 0.15) is 0 Å². The molecule has 246 valence electrons. The van der Waals surface area contributed by atoms with E-state index >= 15 is 0 Å². The Morgan fingerprint density at radius 2 is 0.717 bits per heavy atom. The average molecular weight is 732 g/mol. The van der Waals surface area contributed by atoms with Crippen LogP contribution in [0.2, 0.25) is 0 Å². The monoisotopic (exact) mass is 734 g/mol. The third-order valence-electron chi connectivity index (χ3n) is 3.12. The van der Waals surface area contributed by atoms with Gasteiger partial charge in [-0.05, 0) is 36.5 Å². The van der Waals surface area contributed by atoms with Gasteiger partial charge in [0.2, 0.25) is 0 Å². The fourth-order valence-corrected chi connectivity index (χ4v) is 1.55. The summed E-state index contributed by atoms with van der Waals surface area (Å²) in [6.45, 7) is -2.67. The molecule has 0 radical (unpaired) electrons. The van der Waals surface area contributed by atoms with E-state index in [1.165, 1.54) is 37.2 Å². The minimum Gasteiger partial charge on any atom is -0.548 e. The van der Waals surface area contributed by atoms with Crippen LogP contribution in [0.1, 0.15) is 17.1 Å². The van der Waals surface area contributed by atoms with Crippen molar-refractivity contribution in [2.75, 3.05) is 19.8 Å². The van der Waals surface area contributed by atoms with E-state index < -0.39 is 55.6 Å². The normalized spacial score (nSPS) is 9.20. The van der Waals surface area contributed by atoms with Crippen molar-refractivity contribution in [1.29, 1.82) is 0 Å². The van der Waals surface area contributed by atoms with Crippen LogP contribution in [-0.2, 0) is 49.8 Å². The molecular formula is C24H24MoN6O15. The number of imidazole rings is 3. The van der Waals surface area contributed by atoms with Crippen LogP contribution < -0.4 is 30.6 Å². The van der Waals surface area contributed by atoms with Crippen LogP contribution in [0.4, 0.5) is 0 Å². The quantitative estimate of drug-likeness (QED) is 0.0878. The van der Waals surface area contributed by atoms with Crippen LogP contribution >= 0.6 is 0 Å². The molecule has 21 nitrogen and oxygen atoms in total. The number of rotatable bonds is 9. The Morgan fingerprint density at radius 3 is 0.826 bits per heavy atom. The van der Waals surface area contributed by atoms with Crippen molar-refractivity contribution in [2.24, 2.45) is 0 Å². The number of carbonyl (C=O) groups is 6. The maximum Gasteiger partial charge on any atom is 6.00 e. The van der Waals surface area contributed by atoms with Gasteiger partial charge >= 0.3 is 21.1 Å². The van der Waals surface area contributed by atoms with E-state index in [0.29, 0.717) is 17.1 Å². The Kier molecular flexibility index (Phi) is 33.0. The Morgan fingerprint density at radius 1 is 0.522 bits per heavy atom. The maximum atomic E-state index is 9.86. The van der Waals surface area contributed by atoms with E-state index in [4.69, 9.17) is 45.0 Å². The summed E-state index contributed by atoms with van der Waals surface area (Å²) in [6, 6.07) is 0. The summed E-state index contributed by atoms with van der Waals surface area (Å²) in [6.07, 6.45) is 16.0. The molecule has 3 aromatic heterocycles. The van der Waals surface area contributed by atoms with Crippen molar-refractivity contribution in [3.63, 3.8) is 0 Å². The minimum absolute atomic E-state index is 0. The van der Waals surface area contributed by atoms with Crippen molar-refractivity contribution in [2.45, 2.75) is 0 Å². The number of hydrogen-bond donors (Lipinski definition) is 6. The van der Waals surface area contributed by atoms with Gasteiger partial charge < -0.3 is 89.7 Å². The molecule has 46 heavy (non-hydrogen) atoms. The summed E-state index contributed by atoms with van der Waals surface area (Å²) < 4.78 is 0. The van der Waals surface area contributed by atoms with Crippen molar-refractivity contribution in [3.8, 4) is 0 Å². The van der Waals surface area contributed by atoms with Gasteiger partial charge in [0.25, 0.3) is 0 Å². The predicted octanol–water partition coefficient (Wildman–Crippen LogP) is -9.30. The number of aliphatic carboxylic acids is 6. The largest absolute Gasteiger partial charge is 6.00 e. The fraction of sp³-hybridized carbons (Fsp3) is 0.125. The minimum atomic E-state index is -1.44. The summed E-state index contributed by atoms with van der Waals surface area (Å²) in [5, 5.41) is 79.0. The second-order valence-electron chi connectivity index (χ2n) is 6.53. The molecule has 0 aromatic carbocycles. The third-order valence-corrected chi connectivity index (χ3v) is 3.12. The average Bonchev–Trinajstić information content (AvgIpc) is 3.80. The number of hydrogen-bond acceptors (Lipinski definition) is 18. The van der Waals surface area contributed by atoms with E-state index in [1.54, 1.807) is 18.6 Å². The van der Waals surface area contributed by atoms with Crippen molar-refractivity contribution in [1.82, 2.24) is 29.9 Å². The van der Waals surface area contributed by atoms with E-state index in [1.807, 2.05) is 0 Å². The maximum absolute atomic E-state index is 9.86. The van der Waals surface area contributed by atoms with Gasteiger partial charge in [0.15, 0.2) is 0 Å². The van der Waals surface area contributed by atoms with Gasteiger partial charge in [-0.3, -0.25) is 0 Å². The first-order valence-electron chi connectivity index (χ1n) is 11.2. The van der Waals surface area contributed by atoms with Crippen LogP contribution in [0.15, 0.2) is 55.8 Å². The van der Waals surface area contributed by atoms with E-state index in [0.717, 1.165) is 18.2 Å². The van der Waals surface area contributed by atoms with E-state index in [-0.39, 0.29) is 21.1 Å². The standard InChI is InChI=1S/3C6H6N2O2.3C2H4O3.Mo/c3*9-6(10)2-1-5-3-7-4-8-5;3*3-1-2(4)5;/h3*1-4H,(H,7,8)(H,9,10);3*3H,1H2,(H,4,5);/q;;;;;;+6/p-6. The second kappa shape index (κ2) is 32.2. The number of nitrogens with one attached hydrogen (secondary N) is 3. The van der Waals surface area contributed by atoms with Gasteiger partial charge in [0.05, 0.1) is 91.7 Å². The number of aromatic amines is 3. The summed E-state index contributed by atoms with van der Waals surface area (Å²) in [4.78, 5) is 75.9. The van der Waals surface area contributed by atoms with Gasteiger partial charge in [-0.25, -0.2) is 15.0 Å². The van der Waals surface area contributed by atoms with Crippen molar-refractivity contribution >= 4 is 54.0 Å². The molecule has 0 bridgehead atoms. The van der Waals surface area contributed by atoms with E-state index in [2.05, 4.69) is 29.9 Å². The smallest absolute Gasteiger partial charge is 0.548 e. The SMILES string of the molecule is O=C([O-])C=Cc1c[nH]cn1.O=C([O-])C=Cc1c[nH]cn1.O=C([O-])C=Cc1c[nH]cn1.O=C([O-])CO.O=C([O-])CO.O=C([O-])CO.[Mo+6]. The first-order chi connectivity index (χ1) is 21.2. The Hall–Kier alpha value is -5.76. The molecule has 3 rings (SSSR count).